The first-order valence-electron chi connectivity index (χ1n) is 6.81. The van der Waals surface area contributed by atoms with Gasteiger partial charge >= 0.3 is 0 Å². The van der Waals surface area contributed by atoms with E-state index < -0.39 is 0 Å². The van der Waals surface area contributed by atoms with Gasteiger partial charge < -0.3 is 10.6 Å². The smallest absolute Gasteiger partial charge is 0.0112 e. The van der Waals surface area contributed by atoms with Crippen LogP contribution in [0.1, 0.15) is 40.5 Å². The molecule has 0 bridgehead atoms. The van der Waals surface area contributed by atoms with E-state index in [0.29, 0.717) is 12.1 Å². The van der Waals surface area contributed by atoms with Gasteiger partial charge in [-0.25, -0.2) is 0 Å². The lowest BCUT2D eigenvalue weighted by Gasteiger charge is -2.32. The van der Waals surface area contributed by atoms with E-state index in [1.807, 2.05) is 0 Å². The second-order valence-corrected chi connectivity index (χ2v) is 5.40. The maximum Gasteiger partial charge on any atom is 0.0112 e. The van der Waals surface area contributed by atoms with Gasteiger partial charge in [-0.1, -0.05) is 0 Å². The zero-order chi connectivity index (χ0) is 12.0. The fourth-order valence-corrected chi connectivity index (χ4v) is 2.54. The Labute approximate surface area is 101 Å². The van der Waals surface area contributed by atoms with Gasteiger partial charge in [-0.05, 0) is 53.6 Å². The van der Waals surface area contributed by atoms with Crippen molar-refractivity contribution < 1.29 is 0 Å². The quantitative estimate of drug-likeness (QED) is 0.719. The zero-order valence-electron chi connectivity index (χ0n) is 11.4. The van der Waals surface area contributed by atoms with E-state index in [2.05, 4.69) is 43.2 Å². The lowest BCUT2D eigenvalue weighted by Crippen LogP contribution is -2.45. The van der Waals surface area contributed by atoms with E-state index in [0.717, 1.165) is 12.6 Å². The van der Waals surface area contributed by atoms with E-state index >= 15 is 0 Å². The van der Waals surface area contributed by atoms with Crippen LogP contribution in [0.4, 0.5) is 0 Å². The third kappa shape index (κ3) is 4.81. The molecule has 1 heterocycles. The van der Waals surface area contributed by atoms with Gasteiger partial charge in [0.15, 0.2) is 0 Å². The Bertz CT molecular complexity index is 166. The number of hydrogen-bond donors (Lipinski definition) is 2. The molecule has 96 valence electrons. The highest BCUT2D eigenvalue weighted by Crippen LogP contribution is 2.05. The summed E-state index contributed by atoms with van der Waals surface area (Å²) >= 11 is 0. The molecule has 0 aromatic rings. The van der Waals surface area contributed by atoms with Gasteiger partial charge in [-0.3, -0.25) is 4.90 Å². The fraction of sp³-hybridized carbons (Fsp3) is 1.00. The molecule has 2 N–H and O–H groups in total. The summed E-state index contributed by atoms with van der Waals surface area (Å²) in [4.78, 5) is 2.55. The lowest BCUT2D eigenvalue weighted by atomic mass is 10.1. The van der Waals surface area contributed by atoms with Crippen LogP contribution in [-0.2, 0) is 0 Å². The predicted molar refractivity (Wildman–Crippen MR) is 70.9 cm³/mol. The van der Waals surface area contributed by atoms with Crippen LogP contribution in [0.25, 0.3) is 0 Å². The highest BCUT2D eigenvalue weighted by atomic mass is 15.2. The molecule has 16 heavy (non-hydrogen) atoms. The minimum absolute atomic E-state index is 0.648. The summed E-state index contributed by atoms with van der Waals surface area (Å²) < 4.78 is 0. The summed E-state index contributed by atoms with van der Waals surface area (Å²) in [5.41, 5.74) is 0. The minimum Gasteiger partial charge on any atom is -0.317 e. The van der Waals surface area contributed by atoms with Crippen molar-refractivity contribution in [2.24, 2.45) is 0 Å². The van der Waals surface area contributed by atoms with E-state index in [-0.39, 0.29) is 0 Å². The van der Waals surface area contributed by atoms with Crippen molar-refractivity contribution >= 4 is 0 Å². The zero-order valence-corrected chi connectivity index (χ0v) is 11.4. The molecule has 1 rings (SSSR count). The monoisotopic (exact) mass is 227 g/mol. The van der Waals surface area contributed by atoms with Crippen LogP contribution in [0.2, 0.25) is 0 Å². The molecule has 3 heteroatoms. The first-order valence-corrected chi connectivity index (χ1v) is 6.81. The van der Waals surface area contributed by atoms with E-state index in [1.54, 1.807) is 0 Å². The van der Waals surface area contributed by atoms with Gasteiger partial charge in [0.25, 0.3) is 0 Å². The van der Waals surface area contributed by atoms with Gasteiger partial charge in [0.05, 0.1) is 0 Å². The second kappa shape index (κ2) is 7.25. The van der Waals surface area contributed by atoms with E-state index in [4.69, 9.17) is 0 Å². The Hall–Kier alpha value is -0.120. The summed E-state index contributed by atoms with van der Waals surface area (Å²) in [6.07, 6.45) is 2.56. The summed E-state index contributed by atoms with van der Waals surface area (Å²) in [6, 6.07) is 2.03. The van der Waals surface area contributed by atoms with Gasteiger partial charge in [0, 0.05) is 31.2 Å². The highest BCUT2D eigenvalue weighted by molar-refractivity contribution is 4.76. The van der Waals surface area contributed by atoms with Crippen LogP contribution >= 0.6 is 0 Å². The average molecular weight is 227 g/mol. The molecule has 1 saturated heterocycles. The molecule has 0 spiro atoms. The highest BCUT2D eigenvalue weighted by Gasteiger charge is 2.15. The number of piperidine rings is 1. The molecule has 0 aliphatic carbocycles. The second-order valence-electron chi connectivity index (χ2n) is 5.40. The number of nitrogens with zero attached hydrogens (tertiary/aromatic N) is 1. The molecule has 3 nitrogen and oxygen atoms in total. The fourth-order valence-electron chi connectivity index (χ4n) is 2.54. The first kappa shape index (κ1) is 13.9. The van der Waals surface area contributed by atoms with Crippen LogP contribution in [0.3, 0.4) is 0 Å². The molecular weight excluding hydrogens is 198 g/mol. The van der Waals surface area contributed by atoms with E-state index in [1.165, 1.54) is 32.5 Å². The Morgan fingerprint density at radius 3 is 2.19 bits per heavy atom. The molecule has 1 fully saturated rings. The minimum atomic E-state index is 0.648. The topological polar surface area (TPSA) is 27.3 Å². The molecule has 0 aromatic heterocycles. The van der Waals surface area contributed by atoms with Crippen LogP contribution in [0, 0.1) is 0 Å². The normalized spacial score (nSPS) is 18.9. The van der Waals surface area contributed by atoms with Crippen LogP contribution in [-0.4, -0.2) is 49.2 Å². The molecule has 0 amide bonds. The summed E-state index contributed by atoms with van der Waals surface area (Å²) in [5, 5.41) is 7.08. The summed E-state index contributed by atoms with van der Waals surface area (Å²) in [6.45, 7) is 13.8. The van der Waals surface area contributed by atoms with Crippen molar-refractivity contribution in [3.8, 4) is 0 Å². The molecule has 1 aliphatic rings. The third-order valence-corrected chi connectivity index (χ3v) is 3.47. The van der Waals surface area contributed by atoms with Crippen molar-refractivity contribution in [1.29, 1.82) is 0 Å². The first-order chi connectivity index (χ1) is 7.61. The average Bonchev–Trinajstić information content (AvgIpc) is 2.24. The van der Waals surface area contributed by atoms with Crippen molar-refractivity contribution in [3.05, 3.63) is 0 Å². The van der Waals surface area contributed by atoms with E-state index in [9.17, 15) is 0 Å². The SMILES string of the molecule is CC(C)N(CCNC1CCNCC1)C(C)C. The molecular formula is C13H29N3. The van der Waals surface area contributed by atoms with Gasteiger partial charge in [-0.15, -0.1) is 0 Å². The Balaban J connectivity index is 2.16. The molecule has 0 unspecified atom stereocenters. The van der Waals surface area contributed by atoms with Gasteiger partial charge in [-0.2, -0.15) is 0 Å². The standard InChI is InChI=1S/C13H29N3/c1-11(2)16(12(3)4)10-9-15-13-5-7-14-8-6-13/h11-15H,5-10H2,1-4H3. The molecule has 0 atom stereocenters. The van der Waals surface area contributed by atoms with Crippen molar-refractivity contribution in [3.63, 3.8) is 0 Å². The van der Waals surface area contributed by atoms with Crippen LogP contribution in [0.5, 0.6) is 0 Å². The molecule has 0 radical (unpaired) electrons. The largest absolute Gasteiger partial charge is 0.317 e. The predicted octanol–water partition coefficient (Wildman–Crippen LogP) is 1.45. The summed E-state index contributed by atoms with van der Waals surface area (Å²) in [5.74, 6) is 0. The van der Waals surface area contributed by atoms with Crippen LogP contribution in [0.15, 0.2) is 0 Å². The van der Waals surface area contributed by atoms with Crippen LogP contribution < -0.4 is 10.6 Å². The number of nitrogens with one attached hydrogen (secondary N) is 2. The maximum atomic E-state index is 3.68. The molecule has 0 saturated carbocycles. The molecule has 0 aromatic carbocycles. The Kier molecular flexibility index (Phi) is 6.32. The number of hydrogen-bond acceptors (Lipinski definition) is 3. The lowest BCUT2D eigenvalue weighted by molar-refractivity contribution is 0.172. The van der Waals surface area contributed by atoms with Crippen molar-refractivity contribution in [2.75, 3.05) is 26.2 Å². The van der Waals surface area contributed by atoms with Gasteiger partial charge in [0.1, 0.15) is 0 Å². The van der Waals surface area contributed by atoms with Crippen molar-refractivity contribution in [1.82, 2.24) is 15.5 Å². The Morgan fingerprint density at radius 2 is 1.69 bits per heavy atom. The summed E-state index contributed by atoms with van der Waals surface area (Å²) in [7, 11) is 0. The third-order valence-electron chi connectivity index (χ3n) is 3.47. The molecule has 1 aliphatic heterocycles. The maximum absolute atomic E-state index is 3.68. The number of rotatable bonds is 6. The van der Waals surface area contributed by atoms with Crippen molar-refractivity contribution in [2.45, 2.75) is 58.7 Å². The van der Waals surface area contributed by atoms with Gasteiger partial charge in [0.2, 0.25) is 0 Å². The Morgan fingerprint density at radius 1 is 1.12 bits per heavy atom.